The Morgan fingerprint density at radius 2 is 1.85 bits per heavy atom. The van der Waals surface area contributed by atoms with E-state index in [1.54, 1.807) is 18.2 Å². The molecule has 0 unspecified atom stereocenters. The fraction of sp³-hybridized carbons (Fsp3) is 1.00. The maximum Gasteiger partial charge on any atom is 0.216 e. The summed E-state index contributed by atoms with van der Waals surface area (Å²) in [5, 5.41) is -0.290. The normalized spacial score (nSPS) is 24.1. The van der Waals surface area contributed by atoms with Crippen molar-refractivity contribution in [1.82, 2.24) is 4.31 Å². The summed E-state index contributed by atoms with van der Waals surface area (Å²) in [6.45, 7) is 9.06. The molecule has 3 nitrogen and oxygen atoms in total. The molecule has 0 atom stereocenters. The lowest BCUT2D eigenvalue weighted by Crippen LogP contribution is -2.35. The fourth-order valence-electron chi connectivity index (χ4n) is 1.58. The first-order valence-electron chi connectivity index (χ1n) is 4.75. The molecule has 1 rings (SSSR count). The molecule has 0 N–H and O–H groups in total. The number of hydrogen-bond donors (Lipinski definition) is 0. The highest BCUT2D eigenvalue weighted by molar-refractivity contribution is 7.89. The molecule has 0 saturated carbocycles. The monoisotopic (exact) mass is 205 g/mol. The Labute approximate surface area is 81.2 Å². The van der Waals surface area contributed by atoms with E-state index in [4.69, 9.17) is 0 Å². The molecule has 0 aliphatic carbocycles. The van der Waals surface area contributed by atoms with E-state index in [2.05, 4.69) is 13.8 Å². The minimum Gasteiger partial charge on any atom is -0.212 e. The Balaban J connectivity index is 2.78. The fourth-order valence-corrected chi connectivity index (χ4v) is 3.05. The van der Waals surface area contributed by atoms with Crippen LogP contribution < -0.4 is 0 Å². The van der Waals surface area contributed by atoms with Crippen molar-refractivity contribution in [3.63, 3.8) is 0 Å². The van der Waals surface area contributed by atoms with Gasteiger partial charge in [0.1, 0.15) is 0 Å². The van der Waals surface area contributed by atoms with Gasteiger partial charge < -0.3 is 0 Å². The number of nitrogens with zero attached hydrogens (tertiary/aromatic N) is 1. The predicted molar refractivity (Wildman–Crippen MR) is 54.0 cm³/mol. The minimum atomic E-state index is -3.01. The molecule has 0 amide bonds. The van der Waals surface area contributed by atoms with Crippen molar-refractivity contribution < 1.29 is 8.42 Å². The van der Waals surface area contributed by atoms with Crippen LogP contribution in [0, 0.1) is 5.41 Å². The molecule has 0 aromatic rings. The highest BCUT2D eigenvalue weighted by Gasteiger charge is 2.37. The maximum atomic E-state index is 11.7. The maximum absolute atomic E-state index is 11.7. The van der Waals surface area contributed by atoms with Crippen LogP contribution in [0.15, 0.2) is 0 Å². The molecular weight excluding hydrogens is 186 g/mol. The van der Waals surface area contributed by atoms with Crippen LogP contribution in [0.2, 0.25) is 0 Å². The van der Waals surface area contributed by atoms with Crippen molar-refractivity contribution in [2.24, 2.45) is 5.41 Å². The number of hydrogen-bond acceptors (Lipinski definition) is 2. The molecule has 1 fully saturated rings. The zero-order valence-corrected chi connectivity index (χ0v) is 9.69. The van der Waals surface area contributed by atoms with Crippen molar-refractivity contribution >= 4 is 10.0 Å². The van der Waals surface area contributed by atoms with E-state index in [1.807, 2.05) is 0 Å². The molecule has 0 radical (unpaired) electrons. The van der Waals surface area contributed by atoms with E-state index in [0.29, 0.717) is 13.1 Å². The van der Waals surface area contributed by atoms with E-state index < -0.39 is 10.0 Å². The van der Waals surface area contributed by atoms with Crippen LogP contribution in [0.5, 0.6) is 0 Å². The highest BCUT2D eigenvalue weighted by atomic mass is 32.2. The standard InChI is InChI=1S/C9H19NO2S/c1-8(2)13(11,12)10-6-5-9(3,4)7-10/h8H,5-7H2,1-4H3. The van der Waals surface area contributed by atoms with Gasteiger partial charge in [0.05, 0.1) is 5.25 Å². The SMILES string of the molecule is CC(C)S(=O)(=O)N1CCC(C)(C)C1. The third-order valence-electron chi connectivity index (χ3n) is 2.60. The summed E-state index contributed by atoms with van der Waals surface area (Å²) >= 11 is 0. The van der Waals surface area contributed by atoms with Crippen molar-refractivity contribution in [2.45, 2.75) is 39.4 Å². The first-order valence-corrected chi connectivity index (χ1v) is 6.25. The third kappa shape index (κ3) is 2.23. The molecule has 4 heteroatoms. The average molecular weight is 205 g/mol. The molecule has 1 saturated heterocycles. The molecule has 0 aromatic carbocycles. The van der Waals surface area contributed by atoms with Crippen LogP contribution in [0.4, 0.5) is 0 Å². The molecular formula is C9H19NO2S. The summed E-state index contributed by atoms with van der Waals surface area (Å²) in [5.41, 5.74) is 0.155. The Morgan fingerprint density at radius 3 is 2.15 bits per heavy atom. The van der Waals surface area contributed by atoms with Gasteiger partial charge in [-0.3, -0.25) is 0 Å². The van der Waals surface area contributed by atoms with E-state index in [-0.39, 0.29) is 10.7 Å². The topological polar surface area (TPSA) is 37.4 Å². The molecule has 1 aliphatic rings. The molecule has 1 aliphatic heterocycles. The lowest BCUT2D eigenvalue weighted by Gasteiger charge is -2.21. The molecule has 0 aromatic heterocycles. The lowest BCUT2D eigenvalue weighted by molar-refractivity contribution is 0.374. The summed E-state index contributed by atoms with van der Waals surface area (Å²) in [5.74, 6) is 0. The summed E-state index contributed by atoms with van der Waals surface area (Å²) in [4.78, 5) is 0. The van der Waals surface area contributed by atoms with Crippen molar-refractivity contribution in [3.8, 4) is 0 Å². The first-order chi connectivity index (χ1) is 5.76. The van der Waals surface area contributed by atoms with Crippen LogP contribution in [0.25, 0.3) is 0 Å². The predicted octanol–water partition coefficient (Wildman–Crippen LogP) is 1.46. The summed E-state index contributed by atoms with van der Waals surface area (Å²) in [6, 6.07) is 0. The van der Waals surface area contributed by atoms with Gasteiger partial charge in [-0.15, -0.1) is 0 Å². The van der Waals surface area contributed by atoms with Gasteiger partial charge in [-0.1, -0.05) is 13.8 Å². The van der Waals surface area contributed by atoms with Crippen LogP contribution in [0.3, 0.4) is 0 Å². The second kappa shape index (κ2) is 3.24. The Hall–Kier alpha value is -0.0900. The highest BCUT2D eigenvalue weighted by Crippen LogP contribution is 2.31. The molecule has 1 heterocycles. The van der Waals surface area contributed by atoms with Crippen molar-refractivity contribution in [2.75, 3.05) is 13.1 Å². The van der Waals surface area contributed by atoms with Gasteiger partial charge >= 0.3 is 0 Å². The van der Waals surface area contributed by atoms with Crippen LogP contribution in [-0.4, -0.2) is 31.1 Å². The largest absolute Gasteiger partial charge is 0.216 e. The Morgan fingerprint density at radius 1 is 1.31 bits per heavy atom. The summed E-state index contributed by atoms with van der Waals surface area (Å²) in [6.07, 6.45) is 0.971. The van der Waals surface area contributed by atoms with E-state index in [0.717, 1.165) is 6.42 Å². The Bertz CT molecular complexity index is 280. The zero-order valence-electron chi connectivity index (χ0n) is 8.87. The smallest absolute Gasteiger partial charge is 0.212 e. The Kier molecular flexibility index (Phi) is 2.74. The summed E-state index contributed by atoms with van der Waals surface area (Å²) < 4.78 is 25.1. The molecule has 0 spiro atoms. The summed E-state index contributed by atoms with van der Waals surface area (Å²) in [7, 11) is -3.01. The van der Waals surface area contributed by atoms with E-state index in [9.17, 15) is 8.42 Å². The van der Waals surface area contributed by atoms with Gasteiger partial charge in [0.25, 0.3) is 0 Å². The second-order valence-corrected chi connectivity index (χ2v) is 7.33. The van der Waals surface area contributed by atoms with Gasteiger partial charge in [0.2, 0.25) is 10.0 Å². The number of sulfonamides is 1. The van der Waals surface area contributed by atoms with Gasteiger partial charge in [-0.05, 0) is 25.7 Å². The van der Waals surface area contributed by atoms with E-state index >= 15 is 0 Å². The third-order valence-corrected chi connectivity index (χ3v) is 4.82. The van der Waals surface area contributed by atoms with Crippen LogP contribution in [0.1, 0.15) is 34.1 Å². The van der Waals surface area contributed by atoms with Crippen molar-refractivity contribution in [3.05, 3.63) is 0 Å². The zero-order chi connectivity index (χ0) is 10.3. The van der Waals surface area contributed by atoms with Gasteiger partial charge in [0, 0.05) is 13.1 Å². The van der Waals surface area contributed by atoms with Crippen LogP contribution in [-0.2, 0) is 10.0 Å². The first kappa shape index (κ1) is 11.0. The minimum absolute atomic E-state index is 0.155. The van der Waals surface area contributed by atoms with Crippen LogP contribution >= 0.6 is 0 Å². The van der Waals surface area contributed by atoms with Gasteiger partial charge in [0.15, 0.2) is 0 Å². The second-order valence-electron chi connectivity index (χ2n) is 4.84. The quantitative estimate of drug-likeness (QED) is 0.684. The number of rotatable bonds is 2. The molecule has 13 heavy (non-hydrogen) atoms. The molecule has 0 bridgehead atoms. The van der Waals surface area contributed by atoms with Crippen molar-refractivity contribution in [1.29, 1.82) is 0 Å². The lowest BCUT2D eigenvalue weighted by atomic mass is 9.93. The average Bonchev–Trinajstić information content (AvgIpc) is 2.30. The van der Waals surface area contributed by atoms with Gasteiger partial charge in [-0.2, -0.15) is 0 Å². The molecule has 78 valence electrons. The van der Waals surface area contributed by atoms with Gasteiger partial charge in [-0.25, -0.2) is 12.7 Å². The van der Waals surface area contributed by atoms with E-state index in [1.165, 1.54) is 0 Å².